The molecule has 0 aliphatic rings. The molecule has 0 aliphatic carbocycles. The number of carbonyl (C=O) groups excluding carboxylic acids is 2. The van der Waals surface area contributed by atoms with Gasteiger partial charge < -0.3 is 15.4 Å². The van der Waals surface area contributed by atoms with Crippen molar-refractivity contribution in [3.05, 3.63) is 54.1 Å². The number of aromatic nitrogens is 1. The molecule has 3 aromatic rings. The van der Waals surface area contributed by atoms with Gasteiger partial charge in [-0.25, -0.2) is 9.78 Å². The summed E-state index contributed by atoms with van der Waals surface area (Å²) in [7, 11) is 0. The number of fused-ring (bicyclic) bond motifs is 1. The van der Waals surface area contributed by atoms with E-state index in [0.29, 0.717) is 36.1 Å². The summed E-state index contributed by atoms with van der Waals surface area (Å²) in [5.41, 5.74) is 2.00. The first kappa shape index (κ1) is 19.8. The number of thiazole rings is 1. The second-order valence-electron chi connectivity index (χ2n) is 5.95. The average molecular weight is 398 g/mol. The van der Waals surface area contributed by atoms with Crippen molar-refractivity contribution in [3.8, 4) is 0 Å². The van der Waals surface area contributed by atoms with Crippen molar-refractivity contribution in [2.24, 2.45) is 0 Å². The summed E-state index contributed by atoms with van der Waals surface area (Å²) >= 11 is 1.36. The summed E-state index contributed by atoms with van der Waals surface area (Å²) in [5, 5.41) is 8.91. The molecule has 0 aliphatic heterocycles. The lowest BCUT2D eigenvalue weighted by Gasteiger charge is -2.07. The van der Waals surface area contributed by atoms with E-state index in [-0.39, 0.29) is 11.9 Å². The third kappa shape index (κ3) is 5.51. The zero-order valence-electron chi connectivity index (χ0n) is 15.5. The van der Waals surface area contributed by atoms with E-state index in [0.717, 1.165) is 16.6 Å². The number of amides is 3. The third-order valence-corrected chi connectivity index (χ3v) is 4.79. The van der Waals surface area contributed by atoms with E-state index in [1.165, 1.54) is 11.3 Å². The van der Waals surface area contributed by atoms with Gasteiger partial charge in [-0.15, -0.1) is 0 Å². The fraction of sp³-hybridized carbons (Fsp3) is 0.250. The van der Waals surface area contributed by atoms with Gasteiger partial charge in [0.2, 0.25) is 0 Å². The van der Waals surface area contributed by atoms with Crippen LogP contribution in [-0.2, 0) is 4.74 Å². The van der Waals surface area contributed by atoms with Gasteiger partial charge in [0.25, 0.3) is 5.91 Å². The molecule has 0 bridgehead atoms. The summed E-state index contributed by atoms with van der Waals surface area (Å²) in [6, 6.07) is 14.1. The second kappa shape index (κ2) is 9.82. The fourth-order valence-electron chi connectivity index (χ4n) is 2.51. The molecule has 0 saturated carbocycles. The van der Waals surface area contributed by atoms with Crippen LogP contribution in [0.5, 0.6) is 0 Å². The van der Waals surface area contributed by atoms with Crippen LogP contribution in [0.3, 0.4) is 0 Å². The van der Waals surface area contributed by atoms with Crippen LogP contribution in [0.25, 0.3) is 10.2 Å². The first-order chi connectivity index (χ1) is 13.7. The van der Waals surface area contributed by atoms with Gasteiger partial charge in [0.1, 0.15) is 0 Å². The predicted molar refractivity (Wildman–Crippen MR) is 112 cm³/mol. The maximum atomic E-state index is 12.3. The van der Waals surface area contributed by atoms with Crippen LogP contribution in [-0.4, -0.2) is 36.7 Å². The molecule has 0 unspecified atom stereocenters. The molecular weight excluding hydrogens is 376 g/mol. The average Bonchev–Trinajstić information content (AvgIpc) is 3.10. The van der Waals surface area contributed by atoms with Gasteiger partial charge in [0, 0.05) is 31.0 Å². The molecular formula is C20H22N4O3S. The van der Waals surface area contributed by atoms with Gasteiger partial charge in [0.15, 0.2) is 5.13 Å². The molecule has 3 N–H and O–H groups in total. The van der Waals surface area contributed by atoms with Crippen LogP contribution in [0.1, 0.15) is 23.7 Å². The van der Waals surface area contributed by atoms with Crippen molar-refractivity contribution < 1.29 is 14.3 Å². The Balaban J connectivity index is 1.58. The molecule has 3 amide bonds. The van der Waals surface area contributed by atoms with Crippen LogP contribution in [0, 0.1) is 0 Å². The number of anilines is 2. The Morgan fingerprint density at radius 1 is 1.11 bits per heavy atom. The fourth-order valence-corrected chi connectivity index (χ4v) is 3.41. The van der Waals surface area contributed by atoms with Gasteiger partial charge in [-0.05, 0) is 43.7 Å². The van der Waals surface area contributed by atoms with E-state index in [9.17, 15) is 9.59 Å². The molecule has 1 aromatic heterocycles. The Labute approximate surface area is 167 Å². The number of benzene rings is 2. The largest absolute Gasteiger partial charge is 0.382 e. The van der Waals surface area contributed by atoms with Crippen LogP contribution in [0.4, 0.5) is 15.6 Å². The number of ether oxygens (including phenoxy) is 1. The van der Waals surface area contributed by atoms with E-state index < -0.39 is 0 Å². The van der Waals surface area contributed by atoms with E-state index in [1.54, 1.807) is 18.2 Å². The highest BCUT2D eigenvalue weighted by Gasteiger charge is 2.10. The Morgan fingerprint density at radius 3 is 2.71 bits per heavy atom. The van der Waals surface area contributed by atoms with Gasteiger partial charge in [-0.1, -0.05) is 29.5 Å². The van der Waals surface area contributed by atoms with Crippen molar-refractivity contribution in [3.63, 3.8) is 0 Å². The molecule has 0 spiro atoms. The first-order valence-electron chi connectivity index (χ1n) is 9.05. The van der Waals surface area contributed by atoms with E-state index in [4.69, 9.17) is 4.74 Å². The lowest BCUT2D eigenvalue weighted by molar-refractivity contribution is 0.102. The number of hydrogen-bond donors (Lipinski definition) is 3. The smallest absolute Gasteiger partial charge is 0.319 e. The Bertz CT molecular complexity index is 943. The molecule has 28 heavy (non-hydrogen) atoms. The molecule has 0 radical (unpaired) electrons. The maximum absolute atomic E-state index is 12.3. The van der Waals surface area contributed by atoms with Crippen molar-refractivity contribution in [1.82, 2.24) is 10.3 Å². The molecule has 0 saturated heterocycles. The standard InChI is InChI=1S/C20H22N4O3S/c1-2-27-12-6-11-21-19(26)22-15-9-10-16-17(13-15)28-20(23-16)24-18(25)14-7-4-3-5-8-14/h3-5,7-10,13H,2,6,11-12H2,1H3,(H2,21,22,26)(H,23,24,25). The SMILES string of the molecule is CCOCCCNC(=O)Nc1ccc2nc(NC(=O)c3ccccc3)sc2c1. The Kier molecular flexibility index (Phi) is 6.94. The molecule has 146 valence electrons. The number of nitrogens with one attached hydrogen (secondary N) is 3. The topological polar surface area (TPSA) is 92.3 Å². The molecule has 1 heterocycles. The normalized spacial score (nSPS) is 10.6. The minimum absolute atomic E-state index is 0.204. The van der Waals surface area contributed by atoms with Gasteiger partial charge in [0.05, 0.1) is 10.2 Å². The number of carbonyl (C=O) groups is 2. The molecule has 8 heteroatoms. The third-order valence-electron chi connectivity index (χ3n) is 3.86. The van der Waals surface area contributed by atoms with Crippen molar-refractivity contribution in [2.45, 2.75) is 13.3 Å². The van der Waals surface area contributed by atoms with Crippen LogP contribution < -0.4 is 16.0 Å². The number of urea groups is 1. The quantitative estimate of drug-likeness (QED) is 0.498. The van der Waals surface area contributed by atoms with Crippen molar-refractivity contribution in [2.75, 3.05) is 30.4 Å². The zero-order chi connectivity index (χ0) is 19.8. The van der Waals surface area contributed by atoms with Gasteiger partial charge in [-0.2, -0.15) is 0 Å². The summed E-state index contributed by atoms with van der Waals surface area (Å²) in [4.78, 5) is 28.6. The van der Waals surface area contributed by atoms with Gasteiger partial charge in [-0.3, -0.25) is 10.1 Å². The minimum Gasteiger partial charge on any atom is -0.382 e. The Morgan fingerprint density at radius 2 is 1.93 bits per heavy atom. The summed E-state index contributed by atoms with van der Waals surface area (Å²) in [6.45, 7) is 3.79. The van der Waals surface area contributed by atoms with Crippen LogP contribution >= 0.6 is 11.3 Å². The molecule has 0 atom stereocenters. The summed E-state index contributed by atoms with van der Waals surface area (Å²) in [6.07, 6.45) is 0.764. The van der Waals surface area contributed by atoms with Crippen LogP contribution in [0.2, 0.25) is 0 Å². The zero-order valence-corrected chi connectivity index (χ0v) is 16.3. The van der Waals surface area contributed by atoms with Gasteiger partial charge >= 0.3 is 6.03 Å². The number of hydrogen-bond acceptors (Lipinski definition) is 5. The maximum Gasteiger partial charge on any atom is 0.319 e. The molecule has 3 rings (SSSR count). The lowest BCUT2D eigenvalue weighted by atomic mass is 10.2. The number of rotatable bonds is 8. The highest BCUT2D eigenvalue weighted by molar-refractivity contribution is 7.22. The van der Waals surface area contributed by atoms with Crippen molar-refractivity contribution >= 4 is 44.3 Å². The highest BCUT2D eigenvalue weighted by atomic mass is 32.1. The number of nitrogens with zero attached hydrogens (tertiary/aromatic N) is 1. The monoisotopic (exact) mass is 398 g/mol. The summed E-state index contributed by atoms with van der Waals surface area (Å²) in [5.74, 6) is -0.204. The predicted octanol–water partition coefficient (Wildman–Crippen LogP) is 4.10. The Hall–Kier alpha value is -2.97. The van der Waals surface area contributed by atoms with E-state index in [1.807, 2.05) is 37.3 Å². The van der Waals surface area contributed by atoms with E-state index >= 15 is 0 Å². The van der Waals surface area contributed by atoms with Crippen LogP contribution in [0.15, 0.2) is 48.5 Å². The van der Waals surface area contributed by atoms with E-state index in [2.05, 4.69) is 20.9 Å². The second-order valence-corrected chi connectivity index (χ2v) is 6.98. The summed E-state index contributed by atoms with van der Waals surface area (Å²) < 4.78 is 6.11. The molecule has 2 aromatic carbocycles. The highest BCUT2D eigenvalue weighted by Crippen LogP contribution is 2.28. The first-order valence-corrected chi connectivity index (χ1v) is 9.87. The molecule has 0 fully saturated rings. The molecule has 7 nitrogen and oxygen atoms in total. The minimum atomic E-state index is -0.266. The van der Waals surface area contributed by atoms with Crippen molar-refractivity contribution in [1.29, 1.82) is 0 Å². The lowest BCUT2D eigenvalue weighted by Crippen LogP contribution is -2.30.